The highest BCUT2D eigenvalue weighted by atomic mass is 35.5. The van der Waals surface area contributed by atoms with Crippen molar-refractivity contribution in [2.24, 2.45) is 5.73 Å². The van der Waals surface area contributed by atoms with E-state index in [-0.39, 0.29) is 16.5 Å². The van der Waals surface area contributed by atoms with Crippen LogP contribution < -0.4 is 11.1 Å². The van der Waals surface area contributed by atoms with Gasteiger partial charge in [0.05, 0.1) is 22.3 Å². The van der Waals surface area contributed by atoms with Crippen molar-refractivity contribution >= 4 is 29.2 Å². The fourth-order valence-corrected chi connectivity index (χ4v) is 1.22. The van der Waals surface area contributed by atoms with Crippen LogP contribution in [-0.4, -0.2) is 23.0 Å². The smallest absolute Gasteiger partial charge is 0.335 e. The molecule has 1 atom stereocenters. The molecule has 0 aliphatic carbocycles. The number of carboxylic acids is 1. The van der Waals surface area contributed by atoms with Crippen LogP contribution in [0.15, 0.2) is 18.2 Å². The lowest BCUT2D eigenvalue weighted by atomic mass is 10.2. The zero-order chi connectivity index (χ0) is 12.3. The average Bonchev–Trinajstić information content (AvgIpc) is 2.20. The Labute approximate surface area is 97.2 Å². The van der Waals surface area contributed by atoms with Gasteiger partial charge in [0.15, 0.2) is 0 Å². The van der Waals surface area contributed by atoms with Crippen LogP contribution in [0.2, 0.25) is 5.02 Å². The summed E-state index contributed by atoms with van der Waals surface area (Å²) in [6.07, 6.45) is 0. The summed E-state index contributed by atoms with van der Waals surface area (Å²) in [5, 5.41) is 11.4. The van der Waals surface area contributed by atoms with Crippen molar-refractivity contribution < 1.29 is 14.7 Å². The van der Waals surface area contributed by atoms with Crippen LogP contribution in [0.25, 0.3) is 0 Å². The maximum absolute atomic E-state index is 11.3. The molecule has 1 unspecified atom stereocenters. The third-order valence-corrected chi connectivity index (χ3v) is 2.20. The Morgan fingerprint density at radius 2 is 2.12 bits per heavy atom. The number of benzene rings is 1. The summed E-state index contributed by atoms with van der Waals surface area (Å²) >= 11 is 5.80. The Morgan fingerprint density at radius 3 is 2.56 bits per heavy atom. The lowest BCUT2D eigenvalue weighted by molar-refractivity contribution is -0.117. The minimum absolute atomic E-state index is 0.0591. The molecule has 0 bridgehead atoms. The zero-order valence-electron chi connectivity index (χ0n) is 8.53. The monoisotopic (exact) mass is 242 g/mol. The Kier molecular flexibility index (Phi) is 3.87. The first-order valence-electron chi connectivity index (χ1n) is 4.51. The molecule has 0 saturated heterocycles. The van der Waals surface area contributed by atoms with Gasteiger partial charge in [-0.3, -0.25) is 4.79 Å². The second kappa shape index (κ2) is 4.96. The molecule has 0 fully saturated rings. The van der Waals surface area contributed by atoms with Gasteiger partial charge in [0.2, 0.25) is 5.91 Å². The number of anilines is 1. The molecule has 1 amide bonds. The molecule has 0 aliphatic heterocycles. The highest BCUT2D eigenvalue weighted by molar-refractivity contribution is 6.34. The molecule has 0 radical (unpaired) electrons. The maximum atomic E-state index is 11.3. The van der Waals surface area contributed by atoms with Gasteiger partial charge in [-0.25, -0.2) is 4.79 Å². The molecular formula is C10H11ClN2O3. The van der Waals surface area contributed by atoms with Crippen LogP contribution in [0.5, 0.6) is 0 Å². The van der Waals surface area contributed by atoms with Crippen LogP contribution in [-0.2, 0) is 4.79 Å². The molecule has 1 aromatic carbocycles. The van der Waals surface area contributed by atoms with Gasteiger partial charge in [0.25, 0.3) is 0 Å². The molecule has 0 saturated carbocycles. The van der Waals surface area contributed by atoms with E-state index in [1.165, 1.54) is 25.1 Å². The van der Waals surface area contributed by atoms with Crippen LogP contribution in [0.4, 0.5) is 5.69 Å². The van der Waals surface area contributed by atoms with Crippen molar-refractivity contribution in [1.82, 2.24) is 0 Å². The number of nitrogens with two attached hydrogens (primary N) is 1. The van der Waals surface area contributed by atoms with E-state index >= 15 is 0 Å². The van der Waals surface area contributed by atoms with E-state index in [9.17, 15) is 9.59 Å². The number of hydrogen-bond acceptors (Lipinski definition) is 3. The molecule has 6 heteroatoms. The number of hydrogen-bond donors (Lipinski definition) is 3. The van der Waals surface area contributed by atoms with Gasteiger partial charge >= 0.3 is 5.97 Å². The van der Waals surface area contributed by atoms with E-state index in [0.29, 0.717) is 5.69 Å². The number of nitrogens with one attached hydrogen (secondary N) is 1. The largest absolute Gasteiger partial charge is 0.478 e. The lowest BCUT2D eigenvalue weighted by Crippen LogP contribution is -2.32. The van der Waals surface area contributed by atoms with Gasteiger partial charge in [0.1, 0.15) is 0 Å². The number of rotatable bonds is 3. The number of aromatic carboxylic acids is 1. The number of carbonyl (C=O) groups excluding carboxylic acids is 1. The Morgan fingerprint density at radius 1 is 1.50 bits per heavy atom. The molecule has 4 N–H and O–H groups in total. The van der Waals surface area contributed by atoms with Gasteiger partial charge < -0.3 is 16.2 Å². The van der Waals surface area contributed by atoms with Crippen molar-refractivity contribution in [3.8, 4) is 0 Å². The second-order valence-electron chi connectivity index (χ2n) is 3.28. The third-order valence-electron chi connectivity index (χ3n) is 1.89. The summed E-state index contributed by atoms with van der Waals surface area (Å²) in [6, 6.07) is 3.38. The minimum atomic E-state index is -1.08. The van der Waals surface area contributed by atoms with Crippen LogP contribution in [0.3, 0.4) is 0 Å². The lowest BCUT2D eigenvalue weighted by Gasteiger charge is -2.09. The second-order valence-corrected chi connectivity index (χ2v) is 3.68. The van der Waals surface area contributed by atoms with Crippen LogP contribution >= 0.6 is 11.6 Å². The van der Waals surface area contributed by atoms with Gasteiger partial charge in [-0.15, -0.1) is 0 Å². The molecule has 1 aromatic rings. The normalized spacial score (nSPS) is 11.9. The SMILES string of the molecule is CC(N)C(=O)Nc1ccc(C(=O)O)cc1Cl. The summed E-state index contributed by atoms with van der Waals surface area (Å²) < 4.78 is 0. The Hall–Kier alpha value is -1.59. The molecule has 86 valence electrons. The van der Waals surface area contributed by atoms with Crippen LogP contribution in [0.1, 0.15) is 17.3 Å². The maximum Gasteiger partial charge on any atom is 0.335 e. The fraction of sp³-hybridized carbons (Fsp3) is 0.200. The molecule has 1 rings (SSSR count). The highest BCUT2D eigenvalue weighted by Crippen LogP contribution is 2.23. The molecule has 5 nitrogen and oxygen atoms in total. The predicted octanol–water partition coefficient (Wildman–Crippen LogP) is 1.32. The van der Waals surface area contributed by atoms with Crippen molar-refractivity contribution in [3.63, 3.8) is 0 Å². The molecule has 0 heterocycles. The topological polar surface area (TPSA) is 92.4 Å². The molecular weight excluding hydrogens is 232 g/mol. The van der Waals surface area contributed by atoms with E-state index in [1.807, 2.05) is 0 Å². The standard InChI is InChI=1S/C10H11ClN2O3/c1-5(12)9(14)13-8-3-2-6(10(15)16)4-7(8)11/h2-5H,12H2,1H3,(H,13,14)(H,15,16). The van der Waals surface area contributed by atoms with E-state index in [0.717, 1.165) is 0 Å². The zero-order valence-corrected chi connectivity index (χ0v) is 9.28. The molecule has 16 heavy (non-hydrogen) atoms. The third kappa shape index (κ3) is 2.95. The first-order chi connectivity index (χ1) is 7.41. The first-order valence-corrected chi connectivity index (χ1v) is 4.89. The van der Waals surface area contributed by atoms with Crippen molar-refractivity contribution in [3.05, 3.63) is 28.8 Å². The number of amides is 1. The van der Waals surface area contributed by atoms with E-state index in [1.54, 1.807) is 0 Å². The fourth-order valence-electron chi connectivity index (χ4n) is 0.996. The minimum Gasteiger partial charge on any atom is -0.478 e. The number of carboxylic acid groups (broad SMARTS) is 1. The Bertz CT molecular complexity index is 432. The van der Waals surface area contributed by atoms with E-state index in [4.69, 9.17) is 22.4 Å². The Balaban J connectivity index is 2.91. The van der Waals surface area contributed by atoms with E-state index in [2.05, 4.69) is 5.32 Å². The first kappa shape index (κ1) is 12.5. The van der Waals surface area contributed by atoms with Crippen molar-refractivity contribution in [1.29, 1.82) is 0 Å². The summed E-state index contributed by atoms with van der Waals surface area (Å²) in [5.41, 5.74) is 5.76. The van der Waals surface area contributed by atoms with Crippen LogP contribution in [0, 0.1) is 0 Å². The number of carbonyl (C=O) groups is 2. The van der Waals surface area contributed by atoms with E-state index < -0.39 is 12.0 Å². The van der Waals surface area contributed by atoms with Gasteiger partial charge in [-0.05, 0) is 25.1 Å². The molecule has 0 aliphatic rings. The average molecular weight is 243 g/mol. The van der Waals surface area contributed by atoms with Crippen molar-refractivity contribution in [2.75, 3.05) is 5.32 Å². The summed E-state index contributed by atoms with van der Waals surface area (Å²) in [7, 11) is 0. The summed E-state index contributed by atoms with van der Waals surface area (Å²) in [5.74, 6) is -1.46. The van der Waals surface area contributed by atoms with Gasteiger partial charge in [0, 0.05) is 0 Å². The summed E-state index contributed by atoms with van der Waals surface area (Å²) in [6.45, 7) is 1.54. The highest BCUT2D eigenvalue weighted by Gasteiger charge is 2.11. The molecule has 0 spiro atoms. The number of halogens is 1. The van der Waals surface area contributed by atoms with Gasteiger partial charge in [-0.1, -0.05) is 11.6 Å². The summed E-state index contributed by atoms with van der Waals surface area (Å²) in [4.78, 5) is 21.9. The predicted molar refractivity (Wildman–Crippen MR) is 60.7 cm³/mol. The van der Waals surface area contributed by atoms with Crippen molar-refractivity contribution in [2.45, 2.75) is 13.0 Å². The molecule has 0 aromatic heterocycles. The van der Waals surface area contributed by atoms with Gasteiger partial charge in [-0.2, -0.15) is 0 Å². The quantitative estimate of drug-likeness (QED) is 0.745.